The number of amides is 2. The first-order chi connectivity index (χ1) is 10.1. The Morgan fingerprint density at radius 1 is 0.857 bits per heavy atom. The molecule has 6 nitrogen and oxygen atoms in total. The molecule has 0 fully saturated rings. The molecule has 0 N–H and O–H groups in total. The lowest BCUT2D eigenvalue weighted by Crippen LogP contribution is -2.29. The van der Waals surface area contributed by atoms with Gasteiger partial charge in [0.25, 0.3) is 11.8 Å². The number of rotatable bonds is 1. The Bertz CT molecular complexity index is 878. The van der Waals surface area contributed by atoms with Gasteiger partial charge in [0.2, 0.25) is 0 Å². The molecule has 1 aromatic heterocycles. The number of aromatic nitrogens is 3. The van der Waals surface area contributed by atoms with Gasteiger partial charge in [-0.3, -0.25) is 9.59 Å². The van der Waals surface area contributed by atoms with Crippen molar-refractivity contribution >= 4 is 28.5 Å². The molecule has 0 unspecified atom stereocenters. The normalized spacial score (nSPS) is 14.0. The van der Waals surface area contributed by atoms with Crippen molar-refractivity contribution in [2.24, 2.45) is 7.05 Å². The van der Waals surface area contributed by atoms with Gasteiger partial charge in [0.05, 0.1) is 16.8 Å². The van der Waals surface area contributed by atoms with Crippen LogP contribution < -0.4 is 4.90 Å². The lowest BCUT2D eigenvalue weighted by Gasteiger charge is -2.13. The van der Waals surface area contributed by atoms with Crippen LogP contribution >= 0.6 is 0 Å². The summed E-state index contributed by atoms with van der Waals surface area (Å²) in [6.45, 7) is 0. The maximum atomic E-state index is 12.4. The van der Waals surface area contributed by atoms with Crippen LogP contribution in [0.1, 0.15) is 20.7 Å². The van der Waals surface area contributed by atoms with E-state index in [4.69, 9.17) is 0 Å². The molecule has 0 bridgehead atoms. The second-order valence-corrected chi connectivity index (χ2v) is 4.85. The Morgan fingerprint density at radius 2 is 1.48 bits per heavy atom. The zero-order valence-electron chi connectivity index (χ0n) is 11.1. The van der Waals surface area contributed by atoms with Crippen LogP contribution in [0.15, 0.2) is 42.5 Å². The molecule has 3 aromatic rings. The fourth-order valence-electron chi connectivity index (χ4n) is 2.57. The van der Waals surface area contributed by atoms with Crippen molar-refractivity contribution in [1.29, 1.82) is 0 Å². The van der Waals surface area contributed by atoms with Gasteiger partial charge in [-0.1, -0.05) is 12.1 Å². The van der Waals surface area contributed by atoms with Gasteiger partial charge in [-0.15, -0.1) is 0 Å². The molecule has 21 heavy (non-hydrogen) atoms. The fraction of sp³-hybridized carbons (Fsp3) is 0.0667. The topological polar surface area (TPSA) is 68.1 Å². The Hall–Kier alpha value is -3.02. The monoisotopic (exact) mass is 278 g/mol. The van der Waals surface area contributed by atoms with Crippen LogP contribution in [0.4, 0.5) is 5.69 Å². The highest BCUT2D eigenvalue weighted by atomic mass is 16.2. The maximum absolute atomic E-state index is 12.4. The molecule has 1 aliphatic rings. The van der Waals surface area contributed by atoms with Crippen LogP contribution in [0.2, 0.25) is 0 Å². The highest BCUT2D eigenvalue weighted by molar-refractivity contribution is 6.34. The van der Waals surface area contributed by atoms with E-state index in [1.807, 2.05) is 0 Å². The first-order valence-corrected chi connectivity index (χ1v) is 6.44. The highest BCUT2D eigenvalue weighted by Gasteiger charge is 2.36. The molecular formula is C15H10N4O2. The largest absolute Gasteiger partial charge is 0.268 e. The van der Waals surface area contributed by atoms with Crippen molar-refractivity contribution < 1.29 is 9.59 Å². The van der Waals surface area contributed by atoms with E-state index in [1.54, 1.807) is 49.5 Å². The average Bonchev–Trinajstić information content (AvgIpc) is 2.97. The summed E-state index contributed by atoms with van der Waals surface area (Å²) in [6, 6.07) is 12.0. The smallest absolute Gasteiger partial charge is 0.266 e. The summed E-state index contributed by atoms with van der Waals surface area (Å²) >= 11 is 0. The number of carbonyl (C=O) groups is 2. The maximum Gasteiger partial charge on any atom is 0.266 e. The summed E-state index contributed by atoms with van der Waals surface area (Å²) in [7, 11) is 1.72. The van der Waals surface area contributed by atoms with Crippen molar-refractivity contribution in [2.45, 2.75) is 0 Å². The number of fused-ring (bicyclic) bond motifs is 2. The van der Waals surface area contributed by atoms with Crippen molar-refractivity contribution in [2.75, 3.05) is 4.90 Å². The van der Waals surface area contributed by atoms with Crippen molar-refractivity contribution in [3.63, 3.8) is 0 Å². The first-order valence-electron chi connectivity index (χ1n) is 6.44. The Balaban J connectivity index is 1.86. The molecule has 2 aromatic carbocycles. The molecule has 6 heteroatoms. The van der Waals surface area contributed by atoms with Crippen molar-refractivity contribution in [3.8, 4) is 0 Å². The zero-order valence-corrected chi connectivity index (χ0v) is 11.1. The van der Waals surface area contributed by atoms with E-state index in [9.17, 15) is 9.59 Å². The Kier molecular flexibility index (Phi) is 2.24. The van der Waals surface area contributed by atoms with E-state index in [2.05, 4.69) is 10.2 Å². The number of aryl methyl sites for hydroxylation is 1. The lowest BCUT2D eigenvalue weighted by molar-refractivity contribution is 0.0926. The third-order valence-corrected chi connectivity index (χ3v) is 3.52. The molecular weight excluding hydrogens is 268 g/mol. The minimum absolute atomic E-state index is 0.307. The van der Waals surface area contributed by atoms with E-state index in [-0.39, 0.29) is 11.8 Å². The number of anilines is 1. The van der Waals surface area contributed by atoms with Gasteiger partial charge < -0.3 is 0 Å². The number of nitrogens with zero attached hydrogens (tertiary/aromatic N) is 4. The van der Waals surface area contributed by atoms with E-state index in [0.29, 0.717) is 22.3 Å². The summed E-state index contributed by atoms with van der Waals surface area (Å²) in [5.74, 6) is -0.613. The third kappa shape index (κ3) is 1.59. The van der Waals surface area contributed by atoms with Gasteiger partial charge in [-0.05, 0) is 30.3 Å². The lowest BCUT2D eigenvalue weighted by atomic mass is 10.1. The predicted octanol–water partition coefficient (Wildman–Crippen LogP) is 1.77. The summed E-state index contributed by atoms with van der Waals surface area (Å²) < 4.78 is 0. The number of carbonyl (C=O) groups excluding carboxylic acids is 2. The second kappa shape index (κ2) is 3.99. The quantitative estimate of drug-likeness (QED) is 0.636. The summed E-state index contributed by atoms with van der Waals surface area (Å²) in [5.41, 5.74) is 2.74. The fourth-order valence-corrected chi connectivity index (χ4v) is 2.57. The predicted molar refractivity (Wildman–Crippen MR) is 76.1 cm³/mol. The van der Waals surface area contributed by atoms with Crippen LogP contribution in [0.5, 0.6) is 0 Å². The SMILES string of the molecule is Cn1nc2ccc(N3C(=O)c4ccccc4C3=O)cc2n1. The molecule has 0 saturated carbocycles. The summed E-state index contributed by atoms with van der Waals surface area (Å²) in [6.07, 6.45) is 0. The van der Waals surface area contributed by atoms with Crippen LogP contribution in [0.3, 0.4) is 0 Å². The van der Waals surface area contributed by atoms with Crippen LogP contribution in [-0.4, -0.2) is 26.8 Å². The number of hydrogen-bond donors (Lipinski definition) is 0. The average molecular weight is 278 g/mol. The molecule has 0 saturated heterocycles. The minimum Gasteiger partial charge on any atom is -0.268 e. The number of hydrogen-bond acceptors (Lipinski definition) is 4. The van der Waals surface area contributed by atoms with E-state index in [1.165, 1.54) is 9.70 Å². The first kappa shape index (κ1) is 11.8. The van der Waals surface area contributed by atoms with Gasteiger partial charge in [-0.25, -0.2) is 4.90 Å². The second-order valence-electron chi connectivity index (χ2n) is 4.85. The van der Waals surface area contributed by atoms with Gasteiger partial charge in [-0.2, -0.15) is 15.0 Å². The third-order valence-electron chi connectivity index (χ3n) is 3.52. The van der Waals surface area contributed by atoms with E-state index in [0.717, 1.165) is 5.52 Å². The summed E-state index contributed by atoms with van der Waals surface area (Å²) in [5, 5.41) is 8.38. The van der Waals surface area contributed by atoms with Gasteiger partial charge >= 0.3 is 0 Å². The van der Waals surface area contributed by atoms with Crippen LogP contribution in [0.25, 0.3) is 11.0 Å². The number of benzene rings is 2. The molecule has 0 spiro atoms. The molecule has 0 atom stereocenters. The Morgan fingerprint density at radius 3 is 2.14 bits per heavy atom. The molecule has 0 aliphatic carbocycles. The van der Waals surface area contributed by atoms with Gasteiger partial charge in [0.15, 0.2) is 0 Å². The van der Waals surface area contributed by atoms with Crippen LogP contribution in [0, 0.1) is 0 Å². The standard InChI is InChI=1S/C15H10N4O2/c1-18-16-12-7-6-9(8-13(12)17-18)19-14(20)10-4-2-3-5-11(10)15(19)21/h2-8H,1H3. The summed E-state index contributed by atoms with van der Waals surface area (Å²) in [4.78, 5) is 27.5. The van der Waals surface area contributed by atoms with E-state index >= 15 is 0 Å². The van der Waals surface area contributed by atoms with Crippen LogP contribution in [-0.2, 0) is 7.05 Å². The molecule has 4 rings (SSSR count). The van der Waals surface area contributed by atoms with Gasteiger partial charge in [0.1, 0.15) is 11.0 Å². The molecule has 1 aliphatic heterocycles. The zero-order chi connectivity index (χ0) is 14.6. The Labute approximate surface area is 119 Å². The van der Waals surface area contributed by atoms with Crippen molar-refractivity contribution in [1.82, 2.24) is 15.0 Å². The van der Waals surface area contributed by atoms with Crippen molar-refractivity contribution in [3.05, 3.63) is 53.6 Å². The van der Waals surface area contributed by atoms with Gasteiger partial charge in [0, 0.05) is 7.05 Å². The number of imide groups is 1. The molecule has 2 heterocycles. The molecule has 102 valence electrons. The molecule has 0 radical (unpaired) electrons. The van der Waals surface area contributed by atoms with E-state index < -0.39 is 0 Å². The highest BCUT2D eigenvalue weighted by Crippen LogP contribution is 2.29. The minimum atomic E-state index is -0.307. The molecule has 2 amide bonds.